The van der Waals surface area contributed by atoms with Crippen molar-refractivity contribution in [2.24, 2.45) is 0 Å². The quantitative estimate of drug-likeness (QED) is 0.853. The topological polar surface area (TPSA) is 87.3 Å². The van der Waals surface area contributed by atoms with Gasteiger partial charge in [0.25, 0.3) is 5.56 Å². The molecule has 0 spiro atoms. The number of nitrogens with zero attached hydrogens (tertiary/aromatic N) is 2. The van der Waals surface area contributed by atoms with Crippen molar-refractivity contribution >= 4 is 17.5 Å². The van der Waals surface area contributed by atoms with Crippen molar-refractivity contribution in [1.29, 1.82) is 0 Å². The number of aryl methyl sites for hydroxylation is 2. The van der Waals surface area contributed by atoms with Crippen LogP contribution in [0.25, 0.3) is 0 Å². The first-order valence-electron chi connectivity index (χ1n) is 8.82. The van der Waals surface area contributed by atoms with Gasteiger partial charge < -0.3 is 15.0 Å². The summed E-state index contributed by atoms with van der Waals surface area (Å²) in [7, 11) is 0. The predicted octanol–water partition coefficient (Wildman–Crippen LogP) is 1.79. The second kappa shape index (κ2) is 8.14. The fourth-order valence-corrected chi connectivity index (χ4v) is 2.91. The van der Waals surface area contributed by atoms with E-state index in [1.165, 1.54) is 0 Å². The van der Waals surface area contributed by atoms with Crippen LogP contribution in [0.2, 0.25) is 0 Å². The Kier molecular flexibility index (Phi) is 5.68. The van der Waals surface area contributed by atoms with Crippen LogP contribution in [0.1, 0.15) is 23.2 Å². The number of nitrogens with one attached hydrogen (secondary N) is 2. The first-order chi connectivity index (χ1) is 12.5. The smallest absolute Gasteiger partial charge is 0.255 e. The number of H-pyrrole nitrogens is 1. The van der Waals surface area contributed by atoms with Crippen LogP contribution < -0.4 is 15.8 Å². The molecule has 0 aliphatic carbocycles. The number of hydrogen-bond donors (Lipinski definition) is 2. The number of amides is 1. The van der Waals surface area contributed by atoms with Crippen LogP contribution in [0, 0.1) is 13.8 Å². The minimum absolute atomic E-state index is 0.120. The molecule has 0 bridgehead atoms. The third-order valence-electron chi connectivity index (χ3n) is 4.46. The summed E-state index contributed by atoms with van der Waals surface area (Å²) in [5.74, 6) is 0.452. The Morgan fingerprint density at radius 3 is 2.58 bits per heavy atom. The standard InChI is InChI=1S/C19H24N4O3/c1-13-3-5-15(6-4-13)21-17(24)8-7-16-14(2)20-19(22-18(16)25)23-9-11-26-12-10-23/h3-6H,7-12H2,1-2H3,(H,21,24)(H,20,22,25). The highest BCUT2D eigenvalue weighted by molar-refractivity contribution is 5.90. The molecule has 2 aromatic rings. The number of hydrogen-bond acceptors (Lipinski definition) is 5. The maximum absolute atomic E-state index is 12.4. The normalized spacial score (nSPS) is 14.3. The second-order valence-electron chi connectivity index (χ2n) is 6.47. The van der Waals surface area contributed by atoms with Crippen molar-refractivity contribution in [2.75, 3.05) is 36.5 Å². The van der Waals surface area contributed by atoms with E-state index in [0.717, 1.165) is 11.3 Å². The van der Waals surface area contributed by atoms with Crippen LogP contribution in [0.4, 0.5) is 11.6 Å². The number of rotatable bonds is 5. The summed E-state index contributed by atoms with van der Waals surface area (Å²) in [6, 6.07) is 7.62. The lowest BCUT2D eigenvalue weighted by Crippen LogP contribution is -2.38. The van der Waals surface area contributed by atoms with E-state index in [1.807, 2.05) is 43.0 Å². The average molecular weight is 356 g/mol. The van der Waals surface area contributed by atoms with Gasteiger partial charge in [-0.2, -0.15) is 0 Å². The van der Waals surface area contributed by atoms with E-state index in [0.29, 0.717) is 49.9 Å². The van der Waals surface area contributed by atoms with Crippen LogP contribution in [-0.4, -0.2) is 42.2 Å². The van der Waals surface area contributed by atoms with E-state index in [2.05, 4.69) is 15.3 Å². The Morgan fingerprint density at radius 1 is 1.23 bits per heavy atom. The molecule has 26 heavy (non-hydrogen) atoms. The first kappa shape index (κ1) is 18.1. The van der Waals surface area contributed by atoms with Gasteiger partial charge in [-0.3, -0.25) is 14.6 Å². The van der Waals surface area contributed by atoms with Crippen molar-refractivity contribution in [1.82, 2.24) is 9.97 Å². The molecule has 1 aromatic carbocycles. The van der Waals surface area contributed by atoms with Crippen LogP contribution in [0.15, 0.2) is 29.1 Å². The number of carbonyl (C=O) groups is 1. The number of anilines is 2. The van der Waals surface area contributed by atoms with Crippen molar-refractivity contribution in [3.63, 3.8) is 0 Å². The molecule has 2 N–H and O–H groups in total. The summed E-state index contributed by atoms with van der Waals surface area (Å²) in [6.45, 7) is 6.48. The summed E-state index contributed by atoms with van der Waals surface area (Å²) in [5, 5.41) is 2.85. The number of ether oxygens (including phenoxy) is 1. The average Bonchev–Trinajstić information content (AvgIpc) is 2.63. The van der Waals surface area contributed by atoms with Crippen molar-refractivity contribution in [2.45, 2.75) is 26.7 Å². The van der Waals surface area contributed by atoms with E-state index in [4.69, 9.17) is 4.74 Å². The molecule has 0 atom stereocenters. The number of benzene rings is 1. The van der Waals surface area contributed by atoms with Gasteiger partial charge in [-0.1, -0.05) is 17.7 Å². The van der Waals surface area contributed by atoms with Crippen LogP contribution in [0.3, 0.4) is 0 Å². The maximum atomic E-state index is 12.4. The van der Waals surface area contributed by atoms with Gasteiger partial charge in [0.1, 0.15) is 0 Å². The Labute approximate surface area is 152 Å². The second-order valence-corrected chi connectivity index (χ2v) is 6.47. The van der Waals surface area contributed by atoms with Crippen molar-refractivity contribution in [3.8, 4) is 0 Å². The van der Waals surface area contributed by atoms with E-state index in [9.17, 15) is 9.59 Å². The Bertz CT molecular complexity index is 824. The molecule has 7 heteroatoms. The minimum Gasteiger partial charge on any atom is -0.378 e. The molecule has 3 rings (SSSR count). The molecule has 1 saturated heterocycles. The molecule has 1 fully saturated rings. The highest BCUT2D eigenvalue weighted by atomic mass is 16.5. The summed E-state index contributed by atoms with van der Waals surface area (Å²) in [4.78, 5) is 33.9. The molecule has 2 heterocycles. The number of aromatic nitrogens is 2. The Balaban J connectivity index is 1.63. The molecule has 1 aliphatic rings. The fraction of sp³-hybridized carbons (Fsp3) is 0.421. The summed E-state index contributed by atoms with van der Waals surface area (Å²) >= 11 is 0. The molecule has 1 amide bonds. The fourth-order valence-electron chi connectivity index (χ4n) is 2.91. The highest BCUT2D eigenvalue weighted by Crippen LogP contribution is 2.12. The lowest BCUT2D eigenvalue weighted by atomic mass is 10.1. The largest absolute Gasteiger partial charge is 0.378 e. The van der Waals surface area contributed by atoms with Gasteiger partial charge in [0.15, 0.2) is 0 Å². The monoisotopic (exact) mass is 356 g/mol. The van der Waals surface area contributed by atoms with Gasteiger partial charge in [-0.25, -0.2) is 4.98 Å². The first-order valence-corrected chi connectivity index (χ1v) is 8.82. The van der Waals surface area contributed by atoms with Gasteiger partial charge >= 0.3 is 0 Å². The predicted molar refractivity (Wildman–Crippen MR) is 101 cm³/mol. The lowest BCUT2D eigenvalue weighted by Gasteiger charge is -2.27. The van der Waals surface area contributed by atoms with Crippen LogP contribution in [-0.2, 0) is 16.0 Å². The van der Waals surface area contributed by atoms with Gasteiger partial charge in [-0.15, -0.1) is 0 Å². The molecule has 0 radical (unpaired) electrons. The van der Waals surface area contributed by atoms with Gasteiger partial charge in [-0.05, 0) is 32.4 Å². The number of carbonyl (C=O) groups excluding carboxylic acids is 1. The molecule has 1 aliphatic heterocycles. The maximum Gasteiger partial charge on any atom is 0.255 e. The molecule has 138 valence electrons. The Morgan fingerprint density at radius 2 is 1.92 bits per heavy atom. The van der Waals surface area contributed by atoms with Gasteiger partial charge in [0.2, 0.25) is 11.9 Å². The SMILES string of the molecule is Cc1ccc(NC(=O)CCc2c(C)nc(N3CCOCC3)[nH]c2=O)cc1. The summed E-state index contributed by atoms with van der Waals surface area (Å²) in [5.41, 5.74) is 2.94. The summed E-state index contributed by atoms with van der Waals surface area (Å²) < 4.78 is 5.32. The zero-order chi connectivity index (χ0) is 18.5. The van der Waals surface area contributed by atoms with Crippen LogP contribution >= 0.6 is 0 Å². The van der Waals surface area contributed by atoms with Crippen molar-refractivity contribution < 1.29 is 9.53 Å². The molecule has 0 saturated carbocycles. The van der Waals surface area contributed by atoms with Gasteiger partial charge in [0.05, 0.1) is 13.2 Å². The molecular formula is C19H24N4O3. The van der Waals surface area contributed by atoms with E-state index >= 15 is 0 Å². The van der Waals surface area contributed by atoms with Crippen molar-refractivity contribution in [3.05, 3.63) is 51.4 Å². The highest BCUT2D eigenvalue weighted by Gasteiger charge is 2.16. The van der Waals surface area contributed by atoms with Crippen LogP contribution in [0.5, 0.6) is 0 Å². The van der Waals surface area contributed by atoms with E-state index < -0.39 is 0 Å². The molecule has 7 nitrogen and oxygen atoms in total. The third kappa shape index (κ3) is 4.49. The lowest BCUT2D eigenvalue weighted by molar-refractivity contribution is -0.116. The summed E-state index contributed by atoms with van der Waals surface area (Å²) in [6.07, 6.45) is 0.589. The van der Waals surface area contributed by atoms with Gasteiger partial charge in [0, 0.05) is 36.5 Å². The molecule has 1 aromatic heterocycles. The van der Waals surface area contributed by atoms with E-state index in [-0.39, 0.29) is 17.9 Å². The zero-order valence-electron chi connectivity index (χ0n) is 15.2. The molecular weight excluding hydrogens is 332 g/mol. The number of aromatic amines is 1. The third-order valence-corrected chi connectivity index (χ3v) is 4.46. The zero-order valence-corrected chi connectivity index (χ0v) is 15.2. The molecule has 0 unspecified atom stereocenters. The Hall–Kier alpha value is -2.67. The number of morpholine rings is 1. The van der Waals surface area contributed by atoms with E-state index in [1.54, 1.807) is 0 Å². The minimum atomic E-state index is -0.179.